The number of rotatable bonds is 4. The lowest BCUT2D eigenvalue weighted by Gasteiger charge is -2.63. The van der Waals surface area contributed by atoms with Crippen molar-refractivity contribution in [3.05, 3.63) is 53.6 Å². The van der Waals surface area contributed by atoms with E-state index in [9.17, 15) is 0 Å². The Labute approximate surface area is 193 Å². The quantitative estimate of drug-likeness (QED) is 0.509. The Balaban J connectivity index is 1.51. The van der Waals surface area contributed by atoms with Gasteiger partial charge in [-0.15, -0.1) is 0 Å². The molecule has 1 aliphatic heterocycles. The van der Waals surface area contributed by atoms with Gasteiger partial charge in [-0.05, 0) is 73.5 Å². The molecule has 0 radical (unpaired) electrons. The molecule has 0 bridgehead atoms. The molecule has 1 heterocycles. The number of hydrogen-bond donors (Lipinski definition) is 0. The molecule has 172 valence electrons. The van der Waals surface area contributed by atoms with E-state index in [-0.39, 0.29) is 5.60 Å². The SMILES string of the molecule is COc1ccc(OCc2ccccc2)c2c1C[C@@H]1[C@@]3(C)CCCC(C)(C)[C@@H]3CC[C@@]1(C)O2. The summed E-state index contributed by atoms with van der Waals surface area (Å²) in [6.45, 7) is 10.4. The Morgan fingerprint density at radius 1 is 0.906 bits per heavy atom. The Kier molecular flexibility index (Phi) is 5.22. The molecule has 0 aromatic heterocycles. The van der Waals surface area contributed by atoms with E-state index in [1.807, 2.05) is 12.1 Å². The summed E-state index contributed by atoms with van der Waals surface area (Å²) < 4.78 is 19.1. The third-order valence-electron chi connectivity index (χ3n) is 9.12. The summed E-state index contributed by atoms with van der Waals surface area (Å²) in [6.07, 6.45) is 7.31. The molecule has 32 heavy (non-hydrogen) atoms. The lowest BCUT2D eigenvalue weighted by Crippen LogP contribution is -2.61. The maximum atomic E-state index is 6.96. The Hall–Kier alpha value is -2.16. The fourth-order valence-corrected chi connectivity index (χ4v) is 7.55. The van der Waals surface area contributed by atoms with E-state index in [2.05, 4.69) is 58.0 Å². The molecule has 3 nitrogen and oxygen atoms in total. The van der Waals surface area contributed by atoms with Gasteiger partial charge in [-0.25, -0.2) is 0 Å². The van der Waals surface area contributed by atoms with Crippen molar-refractivity contribution < 1.29 is 14.2 Å². The number of fused-ring (bicyclic) bond motifs is 4. The van der Waals surface area contributed by atoms with Crippen molar-refractivity contribution in [2.45, 2.75) is 78.4 Å². The standard InChI is InChI=1S/C29H38O3/c1-27(2)15-9-16-28(3)24(27)14-17-29(4)25(28)18-21-22(30-5)12-13-23(26(21)32-29)31-19-20-10-7-6-8-11-20/h6-8,10-13,24-25H,9,14-19H2,1-5H3/t24-,25+,28-,29+/m0/s1. The van der Waals surface area contributed by atoms with E-state index in [0.717, 1.165) is 41.6 Å². The molecule has 3 heteroatoms. The van der Waals surface area contributed by atoms with Crippen LogP contribution in [0.1, 0.15) is 70.9 Å². The van der Waals surface area contributed by atoms with Gasteiger partial charge in [-0.1, -0.05) is 57.5 Å². The molecule has 2 aromatic carbocycles. The highest BCUT2D eigenvalue weighted by Gasteiger charge is 2.61. The molecule has 0 amide bonds. The highest BCUT2D eigenvalue weighted by Crippen LogP contribution is 2.65. The lowest BCUT2D eigenvalue weighted by atomic mass is 9.44. The maximum absolute atomic E-state index is 6.96. The number of ether oxygens (including phenoxy) is 3. The van der Waals surface area contributed by atoms with Crippen LogP contribution in [0.15, 0.2) is 42.5 Å². The Morgan fingerprint density at radius 2 is 1.66 bits per heavy atom. The van der Waals surface area contributed by atoms with Crippen molar-refractivity contribution in [2.24, 2.45) is 22.7 Å². The minimum absolute atomic E-state index is 0.164. The highest BCUT2D eigenvalue weighted by atomic mass is 16.5. The predicted octanol–water partition coefficient (Wildman–Crippen LogP) is 7.21. The van der Waals surface area contributed by atoms with Gasteiger partial charge in [0.05, 0.1) is 7.11 Å². The monoisotopic (exact) mass is 434 g/mol. The Morgan fingerprint density at radius 3 is 2.41 bits per heavy atom. The summed E-state index contributed by atoms with van der Waals surface area (Å²) >= 11 is 0. The topological polar surface area (TPSA) is 27.7 Å². The van der Waals surface area contributed by atoms with Crippen LogP contribution < -0.4 is 14.2 Å². The van der Waals surface area contributed by atoms with Crippen LogP contribution in [0.25, 0.3) is 0 Å². The molecule has 0 saturated heterocycles. The molecule has 2 aromatic rings. The number of benzene rings is 2. The van der Waals surface area contributed by atoms with Crippen LogP contribution in [0.4, 0.5) is 0 Å². The molecule has 0 unspecified atom stereocenters. The molecule has 5 rings (SSSR count). The molecule has 0 spiro atoms. The van der Waals surface area contributed by atoms with E-state index in [4.69, 9.17) is 14.2 Å². The van der Waals surface area contributed by atoms with Crippen LogP contribution >= 0.6 is 0 Å². The first-order valence-corrected chi connectivity index (χ1v) is 12.3. The molecule has 2 fully saturated rings. The van der Waals surface area contributed by atoms with Gasteiger partial charge in [0.2, 0.25) is 0 Å². The fraction of sp³-hybridized carbons (Fsp3) is 0.586. The average Bonchev–Trinajstić information content (AvgIpc) is 2.76. The normalized spacial score (nSPS) is 32.7. The van der Waals surface area contributed by atoms with E-state index >= 15 is 0 Å². The second-order valence-electron chi connectivity index (χ2n) is 11.5. The first-order chi connectivity index (χ1) is 15.3. The number of hydrogen-bond acceptors (Lipinski definition) is 3. The van der Waals surface area contributed by atoms with Crippen molar-refractivity contribution in [3.63, 3.8) is 0 Å². The van der Waals surface area contributed by atoms with Gasteiger partial charge in [-0.3, -0.25) is 0 Å². The first kappa shape index (κ1) is 21.7. The average molecular weight is 435 g/mol. The van der Waals surface area contributed by atoms with Crippen LogP contribution in [0, 0.1) is 22.7 Å². The van der Waals surface area contributed by atoms with Crippen molar-refractivity contribution in [2.75, 3.05) is 7.11 Å². The summed E-state index contributed by atoms with van der Waals surface area (Å²) in [5.74, 6) is 3.89. The highest BCUT2D eigenvalue weighted by molar-refractivity contribution is 5.56. The van der Waals surface area contributed by atoms with E-state index in [1.54, 1.807) is 7.11 Å². The second-order valence-corrected chi connectivity index (χ2v) is 11.5. The second kappa shape index (κ2) is 7.71. The van der Waals surface area contributed by atoms with Gasteiger partial charge in [-0.2, -0.15) is 0 Å². The molecule has 0 N–H and O–H groups in total. The molecular weight excluding hydrogens is 396 g/mol. The molecule has 4 atom stereocenters. The zero-order chi connectivity index (χ0) is 22.6. The van der Waals surface area contributed by atoms with Crippen LogP contribution in [-0.4, -0.2) is 12.7 Å². The minimum Gasteiger partial charge on any atom is -0.496 e. The Bertz CT molecular complexity index is 981. The lowest BCUT2D eigenvalue weighted by molar-refractivity contribution is -0.163. The minimum atomic E-state index is -0.164. The zero-order valence-corrected chi connectivity index (χ0v) is 20.4. The van der Waals surface area contributed by atoms with Crippen LogP contribution in [0.2, 0.25) is 0 Å². The van der Waals surface area contributed by atoms with Gasteiger partial charge in [0.25, 0.3) is 0 Å². The van der Waals surface area contributed by atoms with Crippen molar-refractivity contribution in [1.29, 1.82) is 0 Å². The van der Waals surface area contributed by atoms with Crippen LogP contribution in [0.3, 0.4) is 0 Å². The molecule has 3 aliphatic rings. The fourth-order valence-electron chi connectivity index (χ4n) is 7.55. The predicted molar refractivity (Wildman–Crippen MR) is 128 cm³/mol. The molecule has 2 saturated carbocycles. The summed E-state index contributed by atoms with van der Waals surface area (Å²) in [5.41, 5.74) is 2.88. The van der Waals surface area contributed by atoms with E-state index in [0.29, 0.717) is 23.4 Å². The van der Waals surface area contributed by atoms with E-state index < -0.39 is 0 Å². The maximum Gasteiger partial charge on any atom is 0.168 e. The first-order valence-electron chi connectivity index (χ1n) is 12.3. The van der Waals surface area contributed by atoms with Gasteiger partial charge in [0.1, 0.15) is 18.0 Å². The zero-order valence-electron chi connectivity index (χ0n) is 20.4. The van der Waals surface area contributed by atoms with Crippen LogP contribution in [-0.2, 0) is 13.0 Å². The molecular formula is C29H38O3. The molecule has 2 aliphatic carbocycles. The summed E-state index contributed by atoms with van der Waals surface area (Å²) in [6, 6.07) is 14.4. The van der Waals surface area contributed by atoms with Crippen LogP contribution in [0.5, 0.6) is 17.2 Å². The van der Waals surface area contributed by atoms with Gasteiger partial charge in [0.15, 0.2) is 11.5 Å². The summed E-state index contributed by atoms with van der Waals surface area (Å²) in [4.78, 5) is 0. The number of methoxy groups -OCH3 is 1. The third-order valence-corrected chi connectivity index (χ3v) is 9.12. The van der Waals surface area contributed by atoms with Gasteiger partial charge in [0, 0.05) is 11.5 Å². The van der Waals surface area contributed by atoms with Crippen molar-refractivity contribution in [3.8, 4) is 17.2 Å². The largest absolute Gasteiger partial charge is 0.496 e. The van der Waals surface area contributed by atoms with Gasteiger partial charge < -0.3 is 14.2 Å². The summed E-state index contributed by atoms with van der Waals surface area (Å²) in [5, 5.41) is 0. The summed E-state index contributed by atoms with van der Waals surface area (Å²) in [7, 11) is 1.77. The third kappa shape index (κ3) is 3.40. The van der Waals surface area contributed by atoms with Crippen molar-refractivity contribution in [1.82, 2.24) is 0 Å². The van der Waals surface area contributed by atoms with E-state index in [1.165, 1.54) is 31.2 Å². The smallest absolute Gasteiger partial charge is 0.168 e. The van der Waals surface area contributed by atoms with Crippen molar-refractivity contribution >= 4 is 0 Å². The van der Waals surface area contributed by atoms with Gasteiger partial charge >= 0.3 is 0 Å².